The molecule has 0 aromatic heterocycles. The van der Waals surface area contributed by atoms with E-state index in [4.69, 9.17) is 15.6 Å². The Bertz CT molecular complexity index is 239. The minimum atomic E-state index is -0.187. The standard InChI is InChI=1S/C13H28N2O3/c1-13(2,3)9-11(10-14)12(17)15(5-7-16)6-8-18-4/h11,16H,5-10,14H2,1-4H3. The number of nitrogens with zero attached hydrogens (tertiary/aromatic N) is 1. The van der Waals surface area contributed by atoms with Gasteiger partial charge in [0.1, 0.15) is 0 Å². The van der Waals surface area contributed by atoms with Crippen LogP contribution in [0.5, 0.6) is 0 Å². The fraction of sp³-hybridized carbons (Fsp3) is 0.923. The Hall–Kier alpha value is -0.650. The fourth-order valence-corrected chi connectivity index (χ4v) is 1.92. The number of aliphatic hydroxyl groups excluding tert-OH is 1. The third-order valence-corrected chi connectivity index (χ3v) is 2.74. The van der Waals surface area contributed by atoms with Crippen LogP contribution in [0, 0.1) is 11.3 Å². The van der Waals surface area contributed by atoms with Crippen molar-refractivity contribution in [1.82, 2.24) is 4.90 Å². The molecule has 0 fully saturated rings. The summed E-state index contributed by atoms with van der Waals surface area (Å²) in [6, 6.07) is 0. The number of nitrogens with two attached hydrogens (primary N) is 1. The molecule has 0 aliphatic carbocycles. The van der Waals surface area contributed by atoms with Crippen LogP contribution in [0.25, 0.3) is 0 Å². The normalized spacial score (nSPS) is 13.4. The molecule has 0 saturated carbocycles. The van der Waals surface area contributed by atoms with Crippen LogP contribution in [0.15, 0.2) is 0 Å². The van der Waals surface area contributed by atoms with Crippen molar-refractivity contribution in [3.05, 3.63) is 0 Å². The summed E-state index contributed by atoms with van der Waals surface area (Å²) in [5, 5.41) is 9.01. The maximum atomic E-state index is 12.3. The summed E-state index contributed by atoms with van der Waals surface area (Å²) in [5.41, 5.74) is 5.76. The molecule has 1 atom stereocenters. The number of hydrogen-bond acceptors (Lipinski definition) is 4. The van der Waals surface area contributed by atoms with E-state index in [9.17, 15) is 4.79 Å². The number of carbonyl (C=O) groups is 1. The third kappa shape index (κ3) is 6.93. The lowest BCUT2D eigenvalue weighted by molar-refractivity contribution is -0.137. The molecule has 108 valence electrons. The van der Waals surface area contributed by atoms with Gasteiger partial charge in [-0.3, -0.25) is 4.79 Å². The van der Waals surface area contributed by atoms with Crippen LogP contribution in [0.1, 0.15) is 27.2 Å². The Morgan fingerprint density at radius 1 is 1.39 bits per heavy atom. The predicted octanol–water partition coefficient (Wildman–Crippen LogP) is 0.465. The Morgan fingerprint density at radius 3 is 2.39 bits per heavy atom. The number of ether oxygens (including phenoxy) is 1. The Labute approximate surface area is 110 Å². The second kappa shape index (κ2) is 8.45. The predicted molar refractivity (Wildman–Crippen MR) is 72.2 cm³/mol. The van der Waals surface area contributed by atoms with Crippen molar-refractivity contribution in [3.63, 3.8) is 0 Å². The maximum Gasteiger partial charge on any atom is 0.227 e. The van der Waals surface area contributed by atoms with E-state index < -0.39 is 0 Å². The van der Waals surface area contributed by atoms with E-state index in [2.05, 4.69) is 20.8 Å². The van der Waals surface area contributed by atoms with Crippen LogP contribution in [0.2, 0.25) is 0 Å². The molecule has 0 saturated heterocycles. The summed E-state index contributed by atoms with van der Waals surface area (Å²) in [6.45, 7) is 7.88. The summed E-state index contributed by atoms with van der Waals surface area (Å²) < 4.78 is 4.98. The van der Waals surface area contributed by atoms with E-state index in [1.54, 1.807) is 12.0 Å². The molecule has 0 bridgehead atoms. The van der Waals surface area contributed by atoms with Crippen LogP contribution < -0.4 is 5.73 Å². The molecule has 3 N–H and O–H groups in total. The van der Waals surface area contributed by atoms with E-state index in [-0.39, 0.29) is 23.8 Å². The SMILES string of the molecule is COCCN(CCO)C(=O)C(CN)CC(C)(C)C. The summed E-state index contributed by atoms with van der Waals surface area (Å²) in [7, 11) is 1.59. The number of aliphatic hydroxyl groups is 1. The van der Waals surface area contributed by atoms with Crippen molar-refractivity contribution < 1.29 is 14.6 Å². The van der Waals surface area contributed by atoms with Crippen LogP contribution in [-0.4, -0.2) is 55.9 Å². The van der Waals surface area contributed by atoms with Crippen LogP contribution in [0.3, 0.4) is 0 Å². The van der Waals surface area contributed by atoms with Gasteiger partial charge in [0.15, 0.2) is 0 Å². The average Bonchev–Trinajstić information content (AvgIpc) is 2.29. The molecule has 18 heavy (non-hydrogen) atoms. The zero-order valence-corrected chi connectivity index (χ0v) is 12.1. The lowest BCUT2D eigenvalue weighted by Crippen LogP contribution is -2.43. The molecule has 0 radical (unpaired) electrons. The van der Waals surface area contributed by atoms with Crippen molar-refractivity contribution in [3.8, 4) is 0 Å². The van der Waals surface area contributed by atoms with Crippen LogP contribution >= 0.6 is 0 Å². The van der Waals surface area contributed by atoms with Gasteiger partial charge in [-0.2, -0.15) is 0 Å². The van der Waals surface area contributed by atoms with Crippen molar-refractivity contribution >= 4 is 5.91 Å². The summed E-state index contributed by atoms with van der Waals surface area (Å²) in [4.78, 5) is 14.0. The zero-order valence-electron chi connectivity index (χ0n) is 12.1. The summed E-state index contributed by atoms with van der Waals surface area (Å²) in [6.07, 6.45) is 0.747. The van der Waals surface area contributed by atoms with E-state index in [1.165, 1.54) is 0 Å². The van der Waals surface area contributed by atoms with Gasteiger partial charge in [0.05, 0.1) is 19.1 Å². The van der Waals surface area contributed by atoms with E-state index in [0.717, 1.165) is 6.42 Å². The lowest BCUT2D eigenvalue weighted by Gasteiger charge is -2.30. The maximum absolute atomic E-state index is 12.3. The Balaban J connectivity index is 4.58. The van der Waals surface area contributed by atoms with Gasteiger partial charge in [0, 0.05) is 26.7 Å². The smallest absolute Gasteiger partial charge is 0.227 e. The highest BCUT2D eigenvalue weighted by molar-refractivity contribution is 5.79. The van der Waals surface area contributed by atoms with Gasteiger partial charge < -0.3 is 20.5 Å². The molecule has 1 unspecified atom stereocenters. The minimum absolute atomic E-state index is 0.0125. The largest absolute Gasteiger partial charge is 0.395 e. The van der Waals surface area contributed by atoms with E-state index in [0.29, 0.717) is 26.2 Å². The first-order valence-corrected chi connectivity index (χ1v) is 6.44. The van der Waals surface area contributed by atoms with Crippen molar-refractivity contribution in [2.75, 3.05) is 40.0 Å². The molecule has 0 spiro atoms. The molecule has 0 aromatic carbocycles. The second-order valence-electron chi connectivity index (χ2n) is 5.74. The van der Waals surface area contributed by atoms with Crippen LogP contribution in [-0.2, 0) is 9.53 Å². The number of carbonyl (C=O) groups excluding carboxylic acids is 1. The molecule has 0 aliphatic heterocycles. The topological polar surface area (TPSA) is 75.8 Å². The number of amides is 1. The monoisotopic (exact) mass is 260 g/mol. The van der Waals surface area contributed by atoms with Crippen LogP contribution in [0.4, 0.5) is 0 Å². The quantitative estimate of drug-likeness (QED) is 0.665. The highest BCUT2D eigenvalue weighted by Gasteiger charge is 2.27. The van der Waals surface area contributed by atoms with E-state index in [1.807, 2.05) is 0 Å². The molecule has 1 amide bonds. The minimum Gasteiger partial charge on any atom is -0.395 e. The number of hydrogen-bond donors (Lipinski definition) is 2. The summed E-state index contributed by atoms with van der Waals surface area (Å²) in [5.74, 6) is -0.174. The average molecular weight is 260 g/mol. The van der Waals surface area contributed by atoms with E-state index >= 15 is 0 Å². The molecule has 0 aromatic rings. The molecule has 5 nitrogen and oxygen atoms in total. The van der Waals surface area contributed by atoms with Crippen molar-refractivity contribution in [2.24, 2.45) is 17.1 Å². The second-order valence-corrected chi connectivity index (χ2v) is 5.74. The highest BCUT2D eigenvalue weighted by atomic mass is 16.5. The zero-order chi connectivity index (χ0) is 14.2. The van der Waals surface area contributed by atoms with Gasteiger partial charge in [0.2, 0.25) is 5.91 Å². The Kier molecular flexibility index (Phi) is 8.15. The number of rotatable bonds is 8. The highest BCUT2D eigenvalue weighted by Crippen LogP contribution is 2.25. The van der Waals surface area contributed by atoms with Gasteiger partial charge >= 0.3 is 0 Å². The summed E-state index contributed by atoms with van der Waals surface area (Å²) >= 11 is 0. The fourth-order valence-electron chi connectivity index (χ4n) is 1.92. The van der Waals surface area contributed by atoms with Crippen molar-refractivity contribution in [1.29, 1.82) is 0 Å². The van der Waals surface area contributed by atoms with Gasteiger partial charge in [-0.1, -0.05) is 20.8 Å². The van der Waals surface area contributed by atoms with Gasteiger partial charge in [-0.05, 0) is 11.8 Å². The lowest BCUT2D eigenvalue weighted by atomic mass is 9.84. The van der Waals surface area contributed by atoms with Crippen molar-refractivity contribution in [2.45, 2.75) is 27.2 Å². The molecule has 0 aliphatic rings. The first-order valence-electron chi connectivity index (χ1n) is 6.44. The Morgan fingerprint density at radius 2 is 2.00 bits per heavy atom. The van der Waals surface area contributed by atoms with Gasteiger partial charge in [0.25, 0.3) is 0 Å². The molecule has 5 heteroatoms. The third-order valence-electron chi connectivity index (χ3n) is 2.74. The molecule has 0 heterocycles. The molecule has 0 rings (SSSR count). The number of methoxy groups -OCH3 is 1. The molecular weight excluding hydrogens is 232 g/mol. The molecular formula is C13H28N2O3. The van der Waals surface area contributed by atoms with Gasteiger partial charge in [-0.25, -0.2) is 0 Å². The first kappa shape index (κ1) is 17.4. The van der Waals surface area contributed by atoms with Gasteiger partial charge in [-0.15, -0.1) is 0 Å². The first-order chi connectivity index (χ1) is 8.35.